The standard InChI is InChI=1S/C43H22N6O13S3/c44-47-31-20-35(24-12-4-7-15-27(24)39(31)51)63(54,55)60-34-19-18-30(38(50)23-10-2-1-3-11-23)42(61-64(56,57)36-21-32(48-45)40(52)28-16-8-5-13-25(28)36)43(34)62-65(58,59)37-22-33(49-46)41(53)29-17-9-6-14-26(29)37/h1-22H/p+3. The minimum Gasteiger partial charge on any atom is -0.501 e. The Bertz CT molecular complexity index is 3850. The smallest absolute Gasteiger partial charge is 0.428 e. The minimum atomic E-state index is -5.49. The van der Waals surface area contributed by atoms with Gasteiger partial charge in [-0.3, -0.25) is 4.79 Å². The van der Waals surface area contributed by atoms with Gasteiger partial charge in [0.15, 0.2) is 26.5 Å². The molecule has 0 saturated carbocycles. The van der Waals surface area contributed by atoms with Crippen molar-refractivity contribution in [3.8, 4) is 34.5 Å². The van der Waals surface area contributed by atoms with Gasteiger partial charge in [0.1, 0.15) is 14.7 Å². The van der Waals surface area contributed by atoms with Crippen LogP contribution in [0.5, 0.6) is 34.5 Å². The number of carbonyl (C=O) groups is 1. The van der Waals surface area contributed by atoms with E-state index < -0.39 is 108 Å². The molecule has 0 heterocycles. The zero-order valence-corrected chi connectivity index (χ0v) is 35.0. The Hall–Kier alpha value is -8.88. The Morgan fingerprint density at radius 1 is 0.431 bits per heavy atom. The lowest BCUT2D eigenvalue weighted by molar-refractivity contribution is 0.103. The molecule has 8 aromatic rings. The molecule has 0 radical (unpaired) electrons. The summed E-state index contributed by atoms with van der Waals surface area (Å²) in [6.45, 7) is 0. The van der Waals surface area contributed by atoms with Crippen LogP contribution in [0.1, 0.15) is 15.9 Å². The van der Waals surface area contributed by atoms with Crippen LogP contribution in [0.4, 0.5) is 17.1 Å². The van der Waals surface area contributed by atoms with E-state index in [-0.39, 0.29) is 37.9 Å². The topological polar surface area (TPSA) is 292 Å². The summed E-state index contributed by atoms with van der Waals surface area (Å²) in [7, 11) is -16.2. The van der Waals surface area contributed by atoms with Crippen LogP contribution in [0, 0.1) is 16.2 Å². The number of phenolic OH excluding ortho intramolecular Hbond substituents is 3. The second-order valence-electron chi connectivity index (χ2n) is 13.7. The summed E-state index contributed by atoms with van der Waals surface area (Å²) < 4.78 is 104. The maximum Gasteiger partial charge on any atom is 0.428 e. The van der Waals surface area contributed by atoms with Crippen LogP contribution in [-0.2, 0) is 30.4 Å². The molecular formula is C43H25N6O13S3+3. The second kappa shape index (κ2) is 16.1. The fourth-order valence-electron chi connectivity index (χ4n) is 6.96. The summed E-state index contributed by atoms with van der Waals surface area (Å²) in [6, 6.07) is 26.8. The summed E-state index contributed by atoms with van der Waals surface area (Å²) in [6.07, 6.45) is 0. The lowest BCUT2D eigenvalue weighted by atomic mass is 10.0. The zero-order valence-electron chi connectivity index (χ0n) is 32.5. The molecule has 0 aliphatic heterocycles. The van der Waals surface area contributed by atoms with Crippen molar-refractivity contribution in [3.05, 3.63) is 160 Å². The van der Waals surface area contributed by atoms with Crippen LogP contribution in [0.25, 0.3) is 47.2 Å². The number of fused-ring (bicyclic) bond motifs is 3. The van der Waals surface area contributed by atoms with Crippen molar-refractivity contribution in [1.29, 1.82) is 16.2 Å². The number of diazo groups is 3. The van der Waals surface area contributed by atoms with Gasteiger partial charge in [0.25, 0.3) is 0 Å². The number of hydrogen-bond donors (Lipinski definition) is 3. The highest BCUT2D eigenvalue weighted by Gasteiger charge is 2.38. The highest BCUT2D eigenvalue weighted by Crippen LogP contribution is 2.49. The quantitative estimate of drug-likeness (QED) is 0.0618. The molecule has 19 nitrogen and oxygen atoms in total. The van der Waals surface area contributed by atoms with Crippen LogP contribution in [0.3, 0.4) is 0 Å². The lowest BCUT2D eigenvalue weighted by Crippen LogP contribution is -2.19. The molecule has 0 spiro atoms. The largest absolute Gasteiger partial charge is 0.501 e. The highest BCUT2D eigenvalue weighted by atomic mass is 32.2. The number of aromatic hydroxyl groups is 3. The average molecular weight is 930 g/mol. The van der Waals surface area contributed by atoms with Gasteiger partial charge in [0.05, 0.1) is 23.8 Å². The van der Waals surface area contributed by atoms with Gasteiger partial charge < -0.3 is 27.9 Å². The van der Waals surface area contributed by atoms with Crippen molar-refractivity contribution in [2.45, 2.75) is 14.7 Å². The van der Waals surface area contributed by atoms with E-state index in [4.69, 9.17) is 12.5 Å². The van der Waals surface area contributed by atoms with Crippen LogP contribution >= 0.6 is 0 Å². The van der Waals surface area contributed by atoms with Gasteiger partial charge in [-0.25, -0.2) is 0 Å². The van der Waals surface area contributed by atoms with Crippen LogP contribution < -0.4 is 12.5 Å². The Morgan fingerprint density at radius 3 is 1.15 bits per heavy atom. The van der Waals surface area contributed by atoms with Gasteiger partial charge >= 0.3 is 47.4 Å². The molecule has 22 heteroatoms. The Balaban J connectivity index is 1.43. The molecule has 8 rings (SSSR count). The van der Waals surface area contributed by atoms with E-state index in [1.807, 2.05) is 0 Å². The molecule has 320 valence electrons. The molecule has 0 saturated heterocycles. The predicted molar refractivity (Wildman–Crippen MR) is 231 cm³/mol. The summed E-state index contributed by atoms with van der Waals surface area (Å²) in [5, 5.41) is 60.2. The summed E-state index contributed by atoms with van der Waals surface area (Å²) in [5.41, 5.74) is -2.83. The second-order valence-corrected chi connectivity index (χ2v) is 18.3. The molecule has 0 atom stereocenters. The Morgan fingerprint density at radius 2 is 0.769 bits per heavy atom. The zero-order chi connectivity index (χ0) is 46.4. The van der Waals surface area contributed by atoms with Crippen molar-refractivity contribution < 1.29 is 57.9 Å². The predicted octanol–water partition coefficient (Wildman–Crippen LogP) is 9.25. The maximum atomic E-state index is 14.7. The third-order valence-electron chi connectivity index (χ3n) is 9.95. The van der Waals surface area contributed by atoms with Crippen LogP contribution in [0.15, 0.2) is 148 Å². The molecule has 0 aliphatic rings. The third-order valence-corrected chi connectivity index (χ3v) is 13.7. The Labute approximate surface area is 366 Å². The summed E-state index contributed by atoms with van der Waals surface area (Å²) >= 11 is 0. The first-order valence-corrected chi connectivity index (χ1v) is 22.6. The molecule has 65 heavy (non-hydrogen) atoms. The molecule has 3 N–H and O–H groups in total. The van der Waals surface area contributed by atoms with E-state index in [9.17, 15) is 61.5 Å². The van der Waals surface area contributed by atoms with E-state index >= 15 is 0 Å². The summed E-state index contributed by atoms with van der Waals surface area (Å²) in [4.78, 5) is 20.8. The third kappa shape index (κ3) is 7.49. The van der Waals surface area contributed by atoms with Gasteiger partial charge in [-0.2, -0.15) is 25.3 Å². The average Bonchev–Trinajstić information content (AvgIpc) is 3.30. The first-order valence-electron chi connectivity index (χ1n) is 18.4. The van der Waals surface area contributed by atoms with Crippen LogP contribution in [-0.4, -0.2) is 46.4 Å². The molecule has 8 aromatic carbocycles. The lowest BCUT2D eigenvalue weighted by Gasteiger charge is -2.19. The highest BCUT2D eigenvalue weighted by molar-refractivity contribution is 7.88. The number of carbonyl (C=O) groups excluding carboxylic acids is 1. The van der Waals surface area contributed by atoms with Crippen molar-refractivity contribution >= 4 is 85.5 Å². The number of phenols is 3. The number of benzene rings is 8. The molecule has 0 aliphatic carbocycles. The SMILES string of the molecule is N#[N+]c1cc(S(=O)(=O)Oc2ccc(C(=O)c3ccccc3)c(OS(=O)(=O)c3cc([N+]#N)c(O)c4ccccc34)c2OS(=O)(=O)c2cc([N+]#N)c(O)c3ccccc23)c2ccccc2c1O. The van der Waals surface area contributed by atoms with E-state index in [1.165, 1.54) is 97.1 Å². The number of hydrogen-bond acceptors (Lipinski definition) is 16. The number of ketones is 1. The van der Waals surface area contributed by atoms with E-state index in [1.54, 1.807) is 6.07 Å². The van der Waals surface area contributed by atoms with E-state index in [2.05, 4.69) is 14.9 Å². The monoisotopic (exact) mass is 929 g/mol. The molecule has 0 aromatic heterocycles. The first-order chi connectivity index (χ1) is 31.0. The fraction of sp³-hybridized carbons (Fsp3) is 0. The normalized spacial score (nSPS) is 11.6. The van der Waals surface area contributed by atoms with Crippen LogP contribution in [0.2, 0.25) is 0 Å². The van der Waals surface area contributed by atoms with Gasteiger partial charge in [-0.05, 0) is 12.1 Å². The fourth-order valence-corrected chi connectivity index (χ4v) is 10.5. The van der Waals surface area contributed by atoms with Gasteiger partial charge in [-0.1, -0.05) is 103 Å². The van der Waals surface area contributed by atoms with E-state index in [0.29, 0.717) is 12.1 Å². The maximum absolute atomic E-state index is 14.7. The van der Waals surface area contributed by atoms with Gasteiger partial charge in [-0.15, -0.1) is 0 Å². The number of nitrogens with zero attached hydrogens (tertiary/aromatic N) is 6. The molecule has 0 unspecified atom stereocenters. The Kier molecular flexibility index (Phi) is 10.6. The van der Waals surface area contributed by atoms with Crippen molar-refractivity contribution in [3.63, 3.8) is 0 Å². The molecular weight excluding hydrogens is 905 g/mol. The number of rotatable bonds is 11. The van der Waals surface area contributed by atoms with Crippen molar-refractivity contribution in [1.82, 2.24) is 0 Å². The van der Waals surface area contributed by atoms with Gasteiger partial charge in [0.2, 0.25) is 44.9 Å². The summed E-state index contributed by atoms with van der Waals surface area (Å²) in [5.74, 6) is -6.73. The first kappa shape index (κ1) is 42.8. The molecule has 0 bridgehead atoms. The van der Waals surface area contributed by atoms with Crippen molar-refractivity contribution in [2.75, 3.05) is 0 Å². The van der Waals surface area contributed by atoms with E-state index in [0.717, 1.165) is 18.2 Å². The minimum absolute atomic E-state index is 0.115. The molecule has 0 fully saturated rings. The van der Waals surface area contributed by atoms with Gasteiger partial charge in [0, 0.05) is 37.9 Å². The molecule has 0 amide bonds. The van der Waals surface area contributed by atoms with Crippen molar-refractivity contribution in [2.24, 2.45) is 0 Å².